The molecule has 2 heterocycles. The second kappa shape index (κ2) is 5.35. The Morgan fingerprint density at radius 1 is 1.53 bits per heavy atom. The number of carbonyl (C=O) groups excluding carboxylic acids is 2. The standard InChI is InChI=1S/C11H17N5O3/c1-4-7-9(18)13-8(17)5-16(7)11-15-14-10(19-11)6(2)12-3/h6-7,12H,4-5H2,1-3H3,(H,13,17,18). The van der Waals surface area contributed by atoms with Crippen LogP contribution in [-0.4, -0.2) is 41.6 Å². The van der Waals surface area contributed by atoms with Crippen LogP contribution < -0.4 is 15.5 Å². The number of carbonyl (C=O) groups is 2. The maximum atomic E-state index is 11.7. The Hall–Kier alpha value is -1.96. The molecular formula is C11H17N5O3. The summed E-state index contributed by atoms with van der Waals surface area (Å²) in [7, 11) is 1.78. The average molecular weight is 267 g/mol. The Morgan fingerprint density at radius 2 is 2.26 bits per heavy atom. The van der Waals surface area contributed by atoms with Crippen molar-refractivity contribution in [3.8, 4) is 0 Å². The lowest BCUT2D eigenvalue weighted by atomic mass is 10.1. The molecule has 1 saturated heterocycles. The monoisotopic (exact) mass is 267 g/mol. The van der Waals surface area contributed by atoms with Crippen molar-refractivity contribution in [2.24, 2.45) is 0 Å². The summed E-state index contributed by atoms with van der Waals surface area (Å²) in [5.74, 6) is -0.276. The fourth-order valence-electron chi connectivity index (χ4n) is 1.91. The van der Waals surface area contributed by atoms with Crippen LogP contribution in [0.5, 0.6) is 0 Å². The van der Waals surface area contributed by atoms with Crippen LogP contribution in [0.3, 0.4) is 0 Å². The van der Waals surface area contributed by atoms with E-state index in [1.54, 1.807) is 11.9 Å². The molecule has 1 fully saturated rings. The van der Waals surface area contributed by atoms with E-state index in [0.717, 1.165) is 0 Å². The Labute approximate surface area is 110 Å². The number of rotatable bonds is 4. The zero-order valence-electron chi connectivity index (χ0n) is 11.1. The van der Waals surface area contributed by atoms with Crippen molar-refractivity contribution in [2.45, 2.75) is 32.4 Å². The quantitative estimate of drug-likeness (QED) is 0.715. The lowest BCUT2D eigenvalue weighted by Crippen LogP contribution is -2.58. The van der Waals surface area contributed by atoms with E-state index < -0.39 is 6.04 Å². The molecule has 0 saturated carbocycles. The highest BCUT2D eigenvalue weighted by atomic mass is 16.4. The van der Waals surface area contributed by atoms with Gasteiger partial charge >= 0.3 is 6.01 Å². The minimum atomic E-state index is -0.462. The number of nitrogens with one attached hydrogen (secondary N) is 2. The molecule has 2 unspecified atom stereocenters. The first kappa shape index (κ1) is 13.5. The van der Waals surface area contributed by atoms with E-state index >= 15 is 0 Å². The maximum Gasteiger partial charge on any atom is 0.319 e. The van der Waals surface area contributed by atoms with Crippen LogP contribution in [0, 0.1) is 0 Å². The molecule has 8 nitrogen and oxygen atoms in total. The van der Waals surface area contributed by atoms with Gasteiger partial charge in [-0.15, -0.1) is 5.10 Å². The molecule has 0 radical (unpaired) electrons. The minimum Gasteiger partial charge on any atom is -0.406 e. The van der Waals surface area contributed by atoms with Gasteiger partial charge in [-0.1, -0.05) is 12.0 Å². The number of aromatic nitrogens is 2. The third kappa shape index (κ3) is 2.58. The molecule has 1 aliphatic heterocycles. The Kier molecular flexibility index (Phi) is 3.79. The molecule has 0 bridgehead atoms. The van der Waals surface area contributed by atoms with Crippen LogP contribution in [0.4, 0.5) is 6.01 Å². The van der Waals surface area contributed by atoms with Crippen LogP contribution >= 0.6 is 0 Å². The SMILES string of the molecule is CCC1C(=O)NC(=O)CN1c1nnc(C(C)NC)o1. The van der Waals surface area contributed by atoms with Crippen LogP contribution in [-0.2, 0) is 9.59 Å². The lowest BCUT2D eigenvalue weighted by molar-refractivity contribution is -0.133. The Balaban J connectivity index is 2.25. The van der Waals surface area contributed by atoms with Crippen molar-refractivity contribution in [3.63, 3.8) is 0 Å². The van der Waals surface area contributed by atoms with Crippen LogP contribution in [0.25, 0.3) is 0 Å². The minimum absolute atomic E-state index is 0.0415. The molecule has 1 aromatic rings. The molecule has 2 amide bonds. The molecular weight excluding hydrogens is 250 g/mol. The van der Waals surface area contributed by atoms with Gasteiger partial charge in [0.1, 0.15) is 12.6 Å². The van der Waals surface area contributed by atoms with Gasteiger partial charge in [0.25, 0.3) is 0 Å². The van der Waals surface area contributed by atoms with E-state index in [1.165, 1.54) is 0 Å². The Morgan fingerprint density at radius 3 is 2.89 bits per heavy atom. The normalized spacial score (nSPS) is 21.4. The molecule has 0 spiro atoms. The highest BCUT2D eigenvalue weighted by Crippen LogP contribution is 2.21. The van der Waals surface area contributed by atoms with E-state index in [0.29, 0.717) is 12.3 Å². The number of piperazine rings is 1. The molecule has 19 heavy (non-hydrogen) atoms. The Bertz CT molecular complexity index is 486. The van der Waals surface area contributed by atoms with Crippen LogP contribution in [0.15, 0.2) is 4.42 Å². The summed E-state index contributed by atoms with van der Waals surface area (Å²) in [4.78, 5) is 24.7. The van der Waals surface area contributed by atoms with Crippen molar-refractivity contribution in [1.29, 1.82) is 0 Å². The lowest BCUT2D eigenvalue weighted by Gasteiger charge is -2.31. The molecule has 2 rings (SSSR count). The van der Waals surface area contributed by atoms with Gasteiger partial charge in [-0.3, -0.25) is 14.9 Å². The summed E-state index contributed by atoms with van der Waals surface area (Å²) >= 11 is 0. The number of hydrogen-bond donors (Lipinski definition) is 2. The first-order valence-corrected chi connectivity index (χ1v) is 6.17. The van der Waals surface area contributed by atoms with E-state index in [1.807, 2.05) is 13.8 Å². The fraction of sp³-hybridized carbons (Fsp3) is 0.636. The van der Waals surface area contributed by atoms with Crippen LogP contribution in [0.2, 0.25) is 0 Å². The summed E-state index contributed by atoms with van der Waals surface area (Å²) < 4.78 is 5.51. The average Bonchev–Trinajstić information content (AvgIpc) is 2.86. The maximum absolute atomic E-state index is 11.7. The smallest absolute Gasteiger partial charge is 0.319 e. The van der Waals surface area contributed by atoms with Crippen molar-refractivity contribution < 1.29 is 14.0 Å². The molecule has 0 aliphatic carbocycles. The summed E-state index contributed by atoms with van der Waals surface area (Å²) in [6.07, 6.45) is 0.554. The van der Waals surface area contributed by atoms with Gasteiger partial charge in [-0.2, -0.15) is 0 Å². The van der Waals surface area contributed by atoms with E-state index in [4.69, 9.17) is 4.42 Å². The van der Waals surface area contributed by atoms with Gasteiger partial charge < -0.3 is 14.6 Å². The van der Waals surface area contributed by atoms with Crippen LogP contribution in [0.1, 0.15) is 32.2 Å². The van der Waals surface area contributed by atoms with Gasteiger partial charge in [0.2, 0.25) is 17.7 Å². The predicted molar refractivity (Wildman–Crippen MR) is 66.3 cm³/mol. The van der Waals surface area contributed by atoms with E-state index in [9.17, 15) is 9.59 Å². The summed E-state index contributed by atoms with van der Waals surface area (Å²) in [6.45, 7) is 3.78. The number of hydrogen-bond acceptors (Lipinski definition) is 7. The first-order chi connectivity index (χ1) is 9.06. The van der Waals surface area contributed by atoms with Crippen molar-refractivity contribution in [3.05, 3.63) is 5.89 Å². The van der Waals surface area contributed by atoms with Gasteiger partial charge in [0.15, 0.2) is 0 Å². The topological polar surface area (TPSA) is 100 Å². The molecule has 104 valence electrons. The molecule has 1 aliphatic rings. The number of anilines is 1. The fourth-order valence-corrected chi connectivity index (χ4v) is 1.91. The van der Waals surface area contributed by atoms with Gasteiger partial charge in [0, 0.05) is 0 Å². The summed E-state index contributed by atoms with van der Waals surface area (Å²) in [5, 5.41) is 13.1. The summed E-state index contributed by atoms with van der Waals surface area (Å²) in [6, 6.07) is -0.348. The number of amides is 2. The molecule has 2 N–H and O–H groups in total. The largest absolute Gasteiger partial charge is 0.406 e. The van der Waals surface area contributed by atoms with Gasteiger partial charge in [-0.25, -0.2) is 0 Å². The second-order valence-electron chi connectivity index (χ2n) is 4.40. The zero-order valence-corrected chi connectivity index (χ0v) is 11.1. The molecule has 8 heteroatoms. The van der Waals surface area contributed by atoms with E-state index in [-0.39, 0.29) is 30.4 Å². The van der Waals surface area contributed by atoms with Gasteiger partial charge in [0.05, 0.1) is 6.04 Å². The molecule has 0 aromatic carbocycles. The highest BCUT2D eigenvalue weighted by Gasteiger charge is 2.35. The van der Waals surface area contributed by atoms with Gasteiger partial charge in [-0.05, 0) is 20.4 Å². The third-order valence-corrected chi connectivity index (χ3v) is 3.12. The highest BCUT2D eigenvalue weighted by molar-refractivity contribution is 6.04. The zero-order chi connectivity index (χ0) is 14.0. The second-order valence-corrected chi connectivity index (χ2v) is 4.40. The van der Waals surface area contributed by atoms with Crippen molar-refractivity contribution in [1.82, 2.24) is 20.8 Å². The molecule has 1 aromatic heterocycles. The number of nitrogens with zero attached hydrogens (tertiary/aromatic N) is 3. The van der Waals surface area contributed by atoms with Crippen molar-refractivity contribution in [2.75, 3.05) is 18.5 Å². The number of imide groups is 1. The third-order valence-electron chi connectivity index (χ3n) is 3.12. The van der Waals surface area contributed by atoms with Crippen molar-refractivity contribution >= 4 is 17.8 Å². The predicted octanol–water partition coefficient (Wildman–Crippen LogP) is -0.409. The molecule has 2 atom stereocenters. The first-order valence-electron chi connectivity index (χ1n) is 6.17. The van der Waals surface area contributed by atoms with E-state index in [2.05, 4.69) is 20.8 Å². The summed E-state index contributed by atoms with van der Waals surface area (Å²) in [5.41, 5.74) is 0.